The first kappa shape index (κ1) is 16.9. The molecule has 0 saturated heterocycles. The van der Waals surface area contributed by atoms with Gasteiger partial charge in [-0.25, -0.2) is 0 Å². The molecule has 0 amide bonds. The number of hydrogen-bond donors (Lipinski definition) is 2. The highest BCUT2D eigenvalue weighted by Crippen LogP contribution is 2.50. The molecule has 128 valence electrons. The molecule has 1 atom stereocenters. The highest BCUT2D eigenvalue weighted by Gasteiger charge is 2.42. The second kappa shape index (κ2) is 6.16. The van der Waals surface area contributed by atoms with Gasteiger partial charge in [-0.05, 0) is 66.0 Å². The molecule has 2 N–H and O–H groups in total. The van der Waals surface area contributed by atoms with Crippen LogP contribution in [0.3, 0.4) is 0 Å². The van der Waals surface area contributed by atoms with Gasteiger partial charge in [-0.1, -0.05) is 51.5 Å². The van der Waals surface area contributed by atoms with Crippen molar-refractivity contribution < 1.29 is 10.2 Å². The zero-order valence-corrected chi connectivity index (χ0v) is 14.9. The van der Waals surface area contributed by atoms with Crippen LogP contribution in [0.4, 0.5) is 0 Å². The molecule has 24 heavy (non-hydrogen) atoms. The van der Waals surface area contributed by atoms with Crippen LogP contribution in [0, 0.1) is 11.3 Å². The molecule has 2 aromatic rings. The topological polar surface area (TPSA) is 40.5 Å². The molecule has 2 nitrogen and oxygen atoms in total. The smallest absolute Gasteiger partial charge is 0.115 e. The van der Waals surface area contributed by atoms with Crippen LogP contribution in [0.25, 0.3) is 0 Å². The van der Waals surface area contributed by atoms with Crippen LogP contribution in [-0.4, -0.2) is 10.2 Å². The van der Waals surface area contributed by atoms with Crippen LogP contribution in [0.2, 0.25) is 0 Å². The average Bonchev–Trinajstić information content (AvgIpc) is 2.54. The van der Waals surface area contributed by atoms with E-state index in [1.54, 1.807) is 24.3 Å². The van der Waals surface area contributed by atoms with Crippen LogP contribution < -0.4 is 0 Å². The lowest BCUT2D eigenvalue weighted by Crippen LogP contribution is -2.38. The van der Waals surface area contributed by atoms with E-state index in [9.17, 15) is 10.2 Å². The summed E-state index contributed by atoms with van der Waals surface area (Å²) in [6.45, 7) is 7.05. The molecular formula is C22H28O2. The molecule has 1 unspecified atom stereocenters. The fourth-order valence-electron chi connectivity index (χ4n) is 4.44. The summed E-state index contributed by atoms with van der Waals surface area (Å²) in [6, 6.07) is 15.3. The van der Waals surface area contributed by atoms with E-state index in [0.717, 1.165) is 0 Å². The summed E-state index contributed by atoms with van der Waals surface area (Å²) >= 11 is 0. The molecule has 2 aromatic carbocycles. The van der Waals surface area contributed by atoms with E-state index in [0.29, 0.717) is 22.8 Å². The van der Waals surface area contributed by atoms with Crippen LogP contribution in [0.1, 0.15) is 57.6 Å². The molecule has 0 aliphatic heterocycles. The third kappa shape index (κ3) is 3.15. The molecule has 1 aliphatic carbocycles. The summed E-state index contributed by atoms with van der Waals surface area (Å²) in [6.07, 6.45) is 4.93. The number of hydrogen-bond acceptors (Lipinski definition) is 2. The van der Waals surface area contributed by atoms with Crippen molar-refractivity contribution in [1.29, 1.82) is 0 Å². The average molecular weight is 324 g/mol. The normalized spacial score (nSPS) is 20.7. The first-order chi connectivity index (χ1) is 11.3. The molecule has 1 fully saturated rings. The van der Waals surface area contributed by atoms with Crippen LogP contribution in [-0.2, 0) is 5.41 Å². The number of phenols is 2. The van der Waals surface area contributed by atoms with Gasteiger partial charge in [0.1, 0.15) is 11.5 Å². The van der Waals surface area contributed by atoms with E-state index in [2.05, 4.69) is 20.8 Å². The highest BCUT2D eigenvalue weighted by atomic mass is 16.3. The Morgan fingerprint density at radius 1 is 0.875 bits per heavy atom. The predicted octanol–water partition coefficient (Wildman–Crippen LogP) is 5.62. The summed E-state index contributed by atoms with van der Waals surface area (Å²) in [4.78, 5) is 0. The second-order valence-corrected chi connectivity index (χ2v) is 8.25. The fraction of sp³-hybridized carbons (Fsp3) is 0.455. The highest BCUT2D eigenvalue weighted by molar-refractivity contribution is 5.43. The Morgan fingerprint density at radius 3 is 1.75 bits per heavy atom. The Labute approximate surface area is 145 Å². The molecule has 3 rings (SSSR count). The van der Waals surface area contributed by atoms with E-state index >= 15 is 0 Å². The van der Waals surface area contributed by atoms with Crippen molar-refractivity contribution in [1.82, 2.24) is 0 Å². The molecule has 0 heterocycles. The Morgan fingerprint density at radius 2 is 1.33 bits per heavy atom. The fourth-order valence-corrected chi connectivity index (χ4v) is 4.44. The van der Waals surface area contributed by atoms with Crippen molar-refractivity contribution in [3.8, 4) is 11.5 Å². The summed E-state index contributed by atoms with van der Waals surface area (Å²) in [5, 5.41) is 19.4. The van der Waals surface area contributed by atoms with Crippen molar-refractivity contribution in [3.63, 3.8) is 0 Å². The van der Waals surface area contributed by atoms with Gasteiger partial charge in [-0.3, -0.25) is 0 Å². The zero-order valence-electron chi connectivity index (χ0n) is 14.9. The minimum absolute atomic E-state index is 0.126. The van der Waals surface area contributed by atoms with E-state index < -0.39 is 0 Å². The maximum atomic E-state index is 9.69. The zero-order chi connectivity index (χ0) is 17.4. The lowest BCUT2D eigenvalue weighted by Gasteiger charge is -2.46. The van der Waals surface area contributed by atoms with Crippen molar-refractivity contribution in [2.75, 3.05) is 0 Å². The summed E-state index contributed by atoms with van der Waals surface area (Å²) < 4.78 is 0. The Hall–Kier alpha value is -1.96. The van der Waals surface area contributed by atoms with E-state index in [1.165, 1.54) is 36.8 Å². The predicted molar refractivity (Wildman–Crippen MR) is 98.4 cm³/mol. The quantitative estimate of drug-likeness (QED) is 0.769. The molecule has 1 saturated carbocycles. The van der Waals surface area contributed by atoms with Crippen molar-refractivity contribution in [3.05, 3.63) is 59.7 Å². The molecule has 0 radical (unpaired) electrons. The van der Waals surface area contributed by atoms with Gasteiger partial charge in [-0.15, -0.1) is 0 Å². The van der Waals surface area contributed by atoms with Crippen molar-refractivity contribution >= 4 is 0 Å². The molecule has 0 bridgehead atoms. The summed E-state index contributed by atoms with van der Waals surface area (Å²) in [7, 11) is 0. The first-order valence-electron chi connectivity index (χ1n) is 8.90. The summed E-state index contributed by atoms with van der Waals surface area (Å²) in [5.41, 5.74) is 2.69. The third-order valence-corrected chi connectivity index (χ3v) is 5.96. The van der Waals surface area contributed by atoms with E-state index in [4.69, 9.17) is 0 Å². The molecular weight excluding hydrogens is 296 g/mol. The molecule has 0 aromatic heterocycles. The minimum Gasteiger partial charge on any atom is -0.508 e. The maximum absolute atomic E-state index is 9.69. The summed E-state index contributed by atoms with van der Waals surface area (Å²) in [5.74, 6) is 1.14. The standard InChI is InChI=1S/C22H28O2/c1-21(2)14-4-5-18(15-21)22(3,16-6-10-19(23)11-7-16)17-8-12-20(24)13-9-17/h6-13,18,23-24H,4-5,14-15H2,1-3H3. The SMILES string of the molecule is CC1(C)CCCC(C(C)(c2ccc(O)cc2)c2ccc(O)cc2)C1. The maximum Gasteiger partial charge on any atom is 0.115 e. The first-order valence-corrected chi connectivity index (χ1v) is 8.90. The van der Waals surface area contributed by atoms with Crippen LogP contribution in [0.5, 0.6) is 11.5 Å². The number of benzene rings is 2. The molecule has 0 spiro atoms. The Kier molecular flexibility index (Phi) is 4.33. The van der Waals surface area contributed by atoms with Gasteiger partial charge < -0.3 is 10.2 Å². The Balaban J connectivity index is 2.09. The third-order valence-electron chi connectivity index (χ3n) is 5.96. The second-order valence-electron chi connectivity index (χ2n) is 8.25. The van der Waals surface area contributed by atoms with Gasteiger partial charge in [0, 0.05) is 5.41 Å². The number of aromatic hydroxyl groups is 2. The van der Waals surface area contributed by atoms with Gasteiger partial charge >= 0.3 is 0 Å². The Bertz CT molecular complexity index is 637. The lowest BCUT2D eigenvalue weighted by atomic mass is 9.58. The van der Waals surface area contributed by atoms with Gasteiger partial charge in [0.15, 0.2) is 0 Å². The number of rotatable bonds is 3. The largest absolute Gasteiger partial charge is 0.508 e. The molecule has 2 heteroatoms. The van der Waals surface area contributed by atoms with Crippen LogP contribution >= 0.6 is 0 Å². The van der Waals surface area contributed by atoms with Gasteiger partial charge in [0.25, 0.3) is 0 Å². The van der Waals surface area contributed by atoms with E-state index in [-0.39, 0.29) is 5.41 Å². The van der Waals surface area contributed by atoms with Gasteiger partial charge in [-0.2, -0.15) is 0 Å². The van der Waals surface area contributed by atoms with Gasteiger partial charge in [0.2, 0.25) is 0 Å². The minimum atomic E-state index is -0.126. The van der Waals surface area contributed by atoms with Crippen LogP contribution in [0.15, 0.2) is 48.5 Å². The molecule has 1 aliphatic rings. The monoisotopic (exact) mass is 324 g/mol. The van der Waals surface area contributed by atoms with Gasteiger partial charge in [0.05, 0.1) is 0 Å². The van der Waals surface area contributed by atoms with Crippen molar-refractivity contribution in [2.24, 2.45) is 11.3 Å². The number of phenolic OH excluding ortho intramolecular Hbond substituents is 2. The van der Waals surface area contributed by atoms with E-state index in [1.807, 2.05) is 24.3 Å². The van der Waals surface area contributed by atoms with Crippen molar-refractivity contribution in [2.45, 2.75) is 51.9 Å². The lowest BCUT2D eigenvalue weighted by molar-refractivity contribution is 0.136.